The van der Waals surface area contributed by atoms with Gasteiger partial charge in [-0.05, 0) is 62.7 Å². The van der Waals surface area contributed by atoms with E-state index in [1.165, 1.54) is 16.7 Å². The predicted octanol–water partition coefficient (Wildman–Crippen LogP) is 5.52. The van der Waals surface area contributed by atoms with E-state index < -0.39 is 0 Å². The molecule has 1 aliphatic carbocycles. The second kappa shape index (κ2) is 7.33. The molecule has 1 unspecified atom stereocenters. The van der Waals surface area contributed by atoms with Gasteiger partial charge in [-0.3, -0.25) is 0 Å². The molecule has 2 aliphatic rings. The Hall–Kier alpha value is -2.78. The molecule has 1 atom stereocenters. The van der Waals surface area contributed by atoms with Crippen molar-refractivity contribution in [1.82, 2.24) is 5.32 Å². The SMILES string of the molecule is CCNc1ccc2c(c1)OC1=CC(C)(NCC)C(C)=CC1=C2c1ccccc1. The lowest BCUT2D eigenvalue weighted by molar-refractivity contribution is 0.407. The van der Waals surface area contributed by atoms with Crippen molar-refractivity contribution in [3.63, 3.8) is 0 Å². The highest BCUT2D eigenvalue weighted by Gasteiger charge is 2.33. The van der Waals surface area contributed by atoms with Gasteiger partial charge in [0.15, 0.2) is 0 Å². The number of hydrogen-bond acceptors (Lipinski definition) is 3. The van der Waals surface area contributed by atoms with Crippen LogP contribution in [0.3, 0.4) is 0 Å². The highest BCUT2D eigenvalue weighted by molar-refractivity contribution is 5.91. The van der Waals surface area contributed by atoms with Gasteiger partial charge in [0.1, 0.15) is 11.5 Å². The summed E-state index contributed by atoms with van der Waals surface area (Å²) in [7, 11) is 0. The molecule has 3 heteroatoms. The number of nitrogens with one attached hydrogen (secondary N) is 2. The summed E-state index contributed by atoms with van der Waals surface area (Å²) in [6.07, 6.45) is 4.51. The van der Waals surface area contributed by atoms with Crippen molar-refractivity contribution >= 4 is 11.3 Å². The Kier molecular flexibility index (Phi) is 4.86. The molecule has 28 heavy (non-hydrogen) atoms. The highest BCUT2D eigenvalue weighted by Crippen LogP contribution is 2.45. The Morgan fingerprint density at radius 3 is 2.50 bits per heavy atom. The van der Waals surface area contributed by atoms with Crippen LogP contribution in [0.2, 0.25) is 0 Å². The molecule has 0 fully saturated rings. The Labute approximate surface area is 167 Å². The Bertz CT molecular complexity index is 985. The van der Waals surface area contributed by atoms with E-state index >= 15 is 0 Å². The fourth-order valence-electron chi connectivity index (χ4n) is 4.04. The Balaban J connectivity index is 1.94. The van der Waals surface area contributed by atoms with E-state index in [2.05, 4.69) is 99.0 Å². The molecular formula is C25H28N2O. The summed E-state index contributed by atoms with van der Waals surface area (Å²) < 4.78 is 6.44. The third-order valence-electron chi connectivity index (χ3n) is 5.59. The molecule has 0 saturated heterocycles. The van der Waals surface area contributed by atoms with Crippen LogP contribution in [-0.4, -0.2) is 18.6 Å². The number of hydrogen-bond donors (Lipinski definition) is 2. The maximum absolute atomic E-state index is 6.44. The molecule has 2 N–H and O–H groups in total. The van der Waals surface area contributed by atoms with Gasteiger partial charge in [-0.1, -0.05) is 37.3 Å². The lowest BCUT2D eigenvalue weighted by Gasteiger charge is -2.36. The zero-order chi connectivity index (χ0) is 19.7. The van der Waals surface area contributed by atoms with E-state index in [9.17, 15) is 0 Å². The molecule has 0 aromatic heterocycles. The third-order valence-corrected chi connectivity index (χ3v) is 5.59. The van der Waals surface area contributed by atoms with Crippen molar-refractivity contribution in [3.05, 3.63) is 88.7 Å². The van der Waals surface area contributed by atoms with Crippen LogP contribution in [0.15, 0.2) is 77.6 Å². The predicted molar refractivity (Wildman–Crippen MR) is 118 cm³/mol. The number of allylic oxidation sites excluding steroid dienone is 1. The number of ether oxygens (including phenoxy) is 1. The normalized spacial score (nSPS) is 20.6. The van der Waals surface area contributed by atoms with Gasteiger partial charge in [-0.25, -0.2) is 0 Å². The van der Waals surface area contributed by atoms with Gasteiger partial charge in [0.2, 0.25) is 0 Å². The Morgan fingerprint density at radius 2 is 1.79 bits per heavy atom. The summed E-state index contributed by atoms with van der Waals surface area (Å²) in [5.74, 6) is 1.83. The number of fused-ring (bicyclic) bond motifs is 2. The smallest absolute Gasteiger partial charge is 0.137 e. The first-order valence-electron chi connectivity index (χ1n) is 10.1. The fourth-order valence-corrected chi connectivity index (χ4v) is 4.04. The second-order valence-corrected chi connectivity index (χ2v) is 7.57. The molecule has 0 radical (unpaired) electrons. The number of likely N-dealkylation sites (N-methyl/N-ethyl adjacent to an activating group) is 1. The first-order chi connectivity index (χ1) is 13.6. The number of benzene rings is 2. The summed E-state index contributed by atoms with van der Waals surface area (Å²) in [6, 6.07) is 17.0. The monoisotopic (exact) mass is 372 g/mol. The average Bonchev–Trinajstić information content (AvgIpc) is 2.68. The minimum absolute atomic E-state index is 0.202. The van der Waals surface area contributed by atoms with Gasteiger partial charge in [-0.15, -0.1) is 0 Å². The maximum Gasteiger partial charge on any atom is 0.137 e. The minimum Gasteiger partial charge on any atom is -0.456 e. The summed E-state index contributed by atoms with van der Waals surface area (Å²) in [6.45, 7) is 10.4. The van der Waals surface area contributed by atoms with Crippen molar-refractivity contribution in [3.8, 4) is 5.75 Å². The van der Waals surface area contributed by atoms with Gasteiger partial charge >= 0.3 is 0 Å². The molecule has 0 amide bonds. The third kappa shape index (κ3) is 3.16. The highest BCUT2D eigenvalue weighted by atomic mass is 16.5. The average molecular weight is 373 g/mol. The summed E-state index contributed by atoms with van der Waals surface area (Å²) >= 11 is 0. The largest absolute Gasteiger partial charge is 0.456 e. The molecule has 1 heterocycles. The first-order valence-corrected chi connectivity index (χ1v) is 10.1. The summed E-state index contributed by atoms with van der Waals surface area (Å²) in [4.78, 5) is 0. The van der Waals surface area contributed by atoms with Gasteiger partial charge < -0.3 is 15.4 Å². The van der Waals surface area contributed by atoms with Crippen molar-refractivity contribution in [1.29, 1.82) is 0 Å². The molecule has 2 aromatic carbocycles. The topological polar surface area (TPSA) is 33.3 Å². The van der Waals surface area contributed by atoms with E-state index in [-0.39, 0.29) is 5.54 Å². The molecule has 144 valence electrons. The van der Waals surface area contributed by atoms with Crippen LogP contribution in [-0.2, 0) is 0 Å². The minimum atomic E-state index is -0.202. The van der Waals surface area contributed by atoms with Crippen LogP contribution in [0.5, 0.6) is 5.75 Å². The Morgan fingerprint density at radius 1 is 1.00 bits per heavy atom. The van der Waals surface area contributed by atoms with E-state index in [1.54, 1.807) is 0 Å². The summed E-state index contributed by atoms with van der Waals surface area (Å²) in [5.41, 5.74) is 6.90. The van der Waals surface area contributed by atoms with E-state index in [0.717, 1.165) is 41.4 Å². The zero-order valence-electron chi connectivity index (χ0n) is 17.1. The van der Waals surface area contributed by atoms with E-state index in [4.69, 9.17) is 4.74 Å². The van der Waals surface area contributed by atoms with Crippen molar-refractivity contribution in [2.75, 3.05) is 18.4 Å². The molecule has 2 aromatic rings. The first kappa shape index (κ1) is 18.6. The molecule has 4 rings (SSSR count). The van der Waals surface area contributed by atoms with Crippen molar-refractivity contribution < 1.29 is 4.74 Å². The molecule has 3 nitrogen and oxygen atoms in total. The van der Waals surface area contributed by atoms with Crippen molar-refractivity contribution in [2.24, 2.45) is 0 Å². The van der Waals surface area contributed by atoms with Gasteiger partial charge in [0.25, 0.3) is 0 Å². The lowest BCUT2D eigenvalue weighted by atomic mass is 9.80. The van der Waals surface area contributed by atoms with Crippen LogP contribution < -0.4 is 15.4 Å². The zero-order valence-corrected chi connectivity index (χ0v) is 17.1. The van der Waals surface area contributed by atoms with Crippen LogP contribution >= 0.6 is 0 Å². The van der Waals surface area contributed by atoms with Crippen LogP contribution in [0, 0.1) is 0 Å². The maximum atomic E-state index is 6.44. The van der Waals surface area contributed by atoms with Gasteiger partial charge in [0, 0.05) is 35.0 Å². The van der Waals surface area contributed by atoms with Crippen LogP contribution in [0.1, 0.15) is 38.8 Å². The molecule has 0 saturated carbocycles. The molecule has 1 aliphatic heterocycles. The molecular weight excluding hydrogens is 344 g/mol. The summed E-state index contributed by atoms with van der Waals surface area (Å²) in [5, 5.41) is 6.98. The van der Waals surface area contributed by atoms with Gasteiger partial charge in [-0.2, -0.15) is 0 Å². The molecule has 0 bridgehead atoms. The number of anilines is 1. The van der Waals surface area contributed by atoms with Crippen LogP contribution in [0.25, 0.3) is 5.57 Å². The fraction of sp³-hybridized carbons (Fsp3) is 0.280. The van der Waals surface area contributed by atoms with E-state index in [0.29, 0.717) is 0 Å². The van der Waals surface area contributed by atoms with Crippen LogP contribution in [0.4, 0.5) is 5.69 Å². The number of rotatable bonds is 5. The van der Waals surface area contributed by atoms with E-state index in [1.807, 2.05) is 0 Å². The van der Waals surface area contributed by atoms with Crippen molar-refractivity contribution in [2.45, 2.75) is 33.2 Å². The molecule has 0 spiro atoms. The lowest BCUT2D eigenvalue weighted by Crippen LogP contribution is -2.43. The second-order valence-electron chi connectivity index (χ2n) is 7.57. The quantitative estimate of drug-likeness (QED) is 0.724. The van der Waals surface area contributed by atoms with Gasteiger partial charge in [0.05, 0.1) is 5.54 Å². The standard InChI is InChI=1S/C25H28N2O/c1-5-26-19-12-13-20-22(15-19)28-23-16-25(4,27-6-2)17(3)14-21(23)24(20)18-10-8-7-9-11-18/h7-16,26-27H,5-6H2,1-4H3.